The first-order chi connectivity index (χ1) is 8.13. The van der Waals surface area contributed by atoms with Gasteiger partial charge in [0.05, 0.1) is 13.0 Å². The molecule has 18 heavy (non-hydrogen) atoms. The number of hydrogen-bond donors (Lipinski definition) is 1. The summed E-state index contributed by atoms with van der Waals surface area (Å²) in [5, 5.41) is 3.43. The summed E-state index contributed by atoms with van der Waals surface area (Å²) >= 11 is 0. The number of hydrogen-bond acceptors (Lipinski definition) is 4. The smallest absolute Gasteiger partial charge is 0.309 e. The lowest BCUT2D eigenvalue weighted by atomic mass is 9.87. The van der Waals surface area contributed by atoms with E-state index in [2.05, 4.69) is 17.1 Å². The molecule has 106 valence electrons. The number of carbonyl (C=O) groups is 1. The average molecular weight is 277 g/mol. The van der Waals surface area contributed by atoms with Crippen LogP contribution in [0.3, 0.4) is 0 Å². The maximum Gasteiger partial charge on any atom is 0.309 e. The molecule has 4 nitrogen and oxygen atoms in total. The van der Waals surface area contributed by atoms with Crippen molar-refractivity contribution in [3.05, 3.63) is 0 Å². The summed E-state index contributed by atoms with van der Waals surface area (Å²) in [5.41, 5.74) is 0.387. The number of rotatable bonds is 3. The van der Waals surface area contributed by atoms with E-state index in [0.717, 1.165) is 45.6 Å². The highest BCUT2D eigenvalue weighted by atomic mass is 35.5. The number of piperidine rings is 1. The van der Waals surface area contributed by atoms with Crippen molar-refractivity contribution < 1.29 is 9.53 Å². The Labute approximate surface area is 116 Å². The van der Waals surface area contributed by atoms with Gasteiger partial charge in [0.1, 0.15) is 0 Å². The van der Waals surface area contributed by atoms with E-state index in [9.17, 15) is 4.79 Å². The molecule has 0 amide bonds. The van der Waals surface area contributed by atoms with E-state index in [1.807, 2.05) is 0 Å². The molecule has 5 heteroatoms. The van der Waals surface area contributed by atoms with Crippen molar-refractivity contribution in [3.63, 3.8) is 0 Å². The van der Waals surface area contributed by atoms with Gasteiger partial charge in [0.15, 0.2) is 0 Å². The highest BCUT2D eigenvalue weighted by molar-refractivity contribution is 5.85. The molecule has 2 aliphatic rings. The molecule has 0 spiro atoms. The van der Waals surface area contributed by atoms with Gasteiger partial charge in [0.2, 0.25) is 0 Å². The van der Waals surface area contributed by atoms with Crippen molar-refractivity contribution in [3.8, 4) is 0 Å². The van der Waals surface area contributed by atoms with Gasteiger partial charge in [-0.15, -0.1) is 12.4 Å². The number of esters is 1. The van der Waals surface area contributed by atoms with Crippen LogP contribution in [0.5, 0.6) is 0 Å². The zero-order chi connectivity index (χ0) is 12.3. The first-order valence-electron chi connectivity index (χ1n) is 6.64. The second-order valence-electron chi connectivity index (χ2n) is 5.83. The number of ether oxygens (including phenoxy) is 1. The van der Waals surface area contributed by atoms with Crippen LogP contribution in [0.4, 0.5) is 0 Å². The standard InChI is InChI=1S/C13H24N2O2.ClH/c1-13(5-6-14-9-13)10-15-7-3-4-11(8-15)12(16)17-2;/h11,14H,3-10H2,1-2H3;1H. The van der Waals surface area contributed by atoms with Crippen LogP contribution in [0.25, 0.3) is 0 Å². The molecule has 2 heterocycles. The fourth-order valence-electron chi connectivity index (χ4n) is 3.10. The zero-order valence-corrected chi connectivity index (χ0v) is 12.2. The van der Waals surface area contributed by atoms with Gasteiger partial charge in [0.25, 0.3) is 0 Å². The molecule has 2 unspecified atom stereocenters. The molecule has 2 atom stereocenters. The fourth-order valence-corrected chi connectivity index (χ4v) is 3.10. The van der Waals surface area contributed by atoms with E-state index in [-0.39, 0.29) is 24.3 Å². The second kappa shape index (κ2) is 6.73. The van der Waals surface area contributed by atoms with Gasteiger partial charge >= 0.3 is 5.97 Å². The number of halogens is 1. The van der Waals surface area contributed by atoms with E-state index in [0.29, 0.717) is 5.41 Å². The second-order valence-corrected chi connectivity index (χ2v) is 5.83. The van der Waals surface area contributed by atoms with Crippen LogP contribution in [0.15, 0.2) is 0 Å². The van der Waals surface area contributed by atoms with Gasteiger partial charge in [-0.3, -0.25) is 4.79 Å². The molecule has 1 N–H and O–H groups in total. The van der Waals surface area contributed by atoms with E-state index < -0.39 is 0 Å². The van der Waals surface area contributed by atoms with Crippen LogP contribution in [-0.2, 0) is 9.53 Å². The average Bonchev–Trinajstić information content (AvgIpc) is 2.75. The summed E-state index contributed by atoms with van der Waals surface area (Å²) in [6.45, 7) is 7.69. The Kier molecular flexibility index (Phi) is 5.89. The molecule has 0 bridgehead atoms. The molecule has 2 rings (SSSR count). The lowest BCUT2D eigenvalue weighted by Gasteiger charge is -2.36. The maximum atomic E-state index is 11.6. The lowest BCUT2D eigenvalue weighted by molar-refractivity contribution is -0.147. The van der Waals surface area contributed by atoms with Crippen LogP contribution in [0.2, 0.25) is 0 Å². The zero-order valence-electron chi connectivity index (χ0n) is 11.4. The van der Waals surface area contributed by atoms with Gasteiger partial charge in [-0.2, -0.15) is 0 Å². The Morgan fingerprint density at radius 1 is 1.56 bits per heavy atom. The molecule has 0 aliphatic carbocycles. The Bertz CT molecular complexity index is 280. The van der Waals surface area contributed by atoms with E-state index in [4.69, 9.17) is 4.74 Å². The van der Waals surface area contributed by atoms with Gasteiger partial charge in [-0.25, -0.2) is 0 Å². The Morgan fingerprint density at radius 2 is 2.33 bits per heavy atom. The van der Waals surface area contributed by atoms with Crippen LogP contribution < -0.4 is 5.32 Å². The quantitative estimate of drug-likeness (QED) is 0.789. The fraction of sp³-hybridized carbons (Fsp3) is 0.923. The normalized spacial score (nSPS) is 32.9. The van der Waals surface area contributed by atoms with Crippen molar-refractivity contribution >= 4 is 18.4 Å². The summed E-state index contributed by atoms with van der Waals surface area (Å²) in [6, 6.07) is 0. The van der Waals surface area contributed by atoms with Crippen molar-refractivity contribution in [1.29, 1.82) is 0 Å². The van der Waals surface area contributed by atoms with E-state index in [1.165, 1.54) is 13.5 Å². The van der Waals surface area contributed by atoms with Crippen molar-refractivity contribution in [1.82, 2.24) is 10.2 Å². The molecule has 2 saturated heterocycles. The molecule has 0 aromatic carbocycles. The minimum absolute atomic E-state index is 0. The summed E-state index contributed by atoms with van der Waals surface area (Å²) < 4.78 is 4.86. The van der Waals surface area contributed by atoms with Gasteiger partial charge in [-0.1, -0.05) is 6.92 Å². The molecular formula is C13H25ClN2O2. The van der Waals surface area contributed by atoms with Gasteiger partial charge < -0.3 is 15.0 Å². The molecule has 2 aliphatic heterocycles. The third-order valence-corrected chi connectivity index (χ3v) is 4.10. The minimum atomic E-state index is -0.0376. The van der Waals surface area contributed by atoms with Gasteiger partial charge in [0, 0.05) is 19.6 Å². The predicted molar refractivity (Wildman–Crippen MR) is 74.0 cm³/mol. The molecular weight excluding hydrogens is 252 g/mol. The number of nitrogens with zero attached hydrogens (tertiary/aromatic N) is 1. The van der Waals surface area contributed by atoms with Crippen molar-refractivity contribution in [2.45, 2.75) is 26.2 Å². The summed E-state index contributed by atoms with van der Waals surface area (Å²) in [6.07, 6.45) is 3.34. The largest absolute Gasteiger partial charge is 0.469 e. The Morgan fingerprint density at radius 3 is 2.94 bits per heavy atom. The number of likely N-dealkylation sites (tertiary alicyclic amines) is 1. The minimum Gasteiger partial charge on any atom is -0.469 e. The van der Waals surface area contributed by atoms with Crippen LogP contribution in [0.1, 0.15) is 26.2 Å². The molecule has 2 fully saturated rings. The third-order valence-electron chi connectivity index (χ3n) is 4.10. The Hall–Kier alpha value is -0.320. The van der Waals surface area contributed by atoms with Crippen LogP contribution in [0, 0.1) is 11.3 Å². The SMILES string of the molecule is COC(=O)C1CCCN(CC2(C)CCNC2)C1.Cl. The van der Waals surface area contributed by atoms with E-state index >= 15 is 0 Å². The summed E-state index contributed by atoms with van der Waals surface area (Å²) in [7, 11) is 1.49. The third kappa shape index (κ3) is 3.84. The number of methoxy groups -OCH3 is 1. The first kappa shape index (κ1) is 15.7. The lowest BCUT2D eigenvalue weighted by Crippen LogP contribution is -2.44. The summed E-state index contributed by atoms with van der Waals surface area (Å²) in [5.74, 6) is 0.0520. The summed E-state index contributed by atoms with van der Waals surface area (Å²) in [4.78, 5) is 14.0. The first-order valence-corrected chi connectivity index (χ1v) is 6.64. The number of nitrogens with one attached hydrogen (secondary N) is 1. The van der Waals surface area contributed by atoms with Crippen LogP contribution >= 0.6 is 12.4 Å². The van der Waals surface area contributed by atoms with Gasteiger partial charge in [-0.05, 0) is 37.8 Å². The molecule has 0 aromatic heterocycles. The number of carbonyl (C=O) groups excluding carboxylic acids is 1. The Balaban J connectivity index is 0.00000162. The molecule has 0 aromatic rings. The highest BCUT2D eigenvalue weighted by Crippen LogP contribution is 2.28. The van der Waals surface area contributed by atoms with E-state index in [1.54, 1.807) is 0 Å². The molecule has 0 radical (unpaired) electrons. The predicted octanol–water partition coefficient (Wildman–Crippen LogP) is 1.29. The van der Waals surface area contributed by atoms with Crippen molar-refractivity contribution in [2.24, 2.45) is 11.3 Å². The van der Waals surface area contributed by atoms with Crippen molar-refractivity contribution in [2.75, 3.05) is 39.8 Å². The highest BCUT2D eigenvalue weighted by Gasteiger charge is 2.34. The topological polar surface area (TPSA) is 41.6 Å². The van der Waals surface area contributed by atoms with Crippen LogP contribution in [-0.4, -0.2) is 50.7 Å². The monoisotopic (exact) mass is 276 g/mol. The maximum absolute atomic E-state index is 11.6. The molecule has 0 saturated carbocycles.